The smallest absolute Gasteiger partial charge is 0.410 e. The van der Waals surface area contributed by atoms with Crippen molar-refractivity contribution in [1.82, 2.24) is 10.6 Å². The molecule has 12 aromatic rings. The van der Waals surface area contributed by atoms with Crippen LogP contribution in [0.1, 0.15) is 64.5 Å². The maximum absolute atomic E-state index is 13.2. The topological polar surface area (TPSA) is 416 Å². The molecule has 0 spiro atoms. The van der Waals surface area contributed by atoms with Gasteiger partial charge in [0.05, 0.1) is 48.0 Å². The average molecular weight is 2070 g/mol. The number of carbonyl (C=O) groups is 6. The van der Waals surface area contributed by atoms with Crippen LogP contribution in [-0.2, 0) is 141 Å². The van der Waals surface area contributed by atoms with E-state index in [0.29, 0.717) is 84.0 Å². The Hall–Kier alpha value is -9.78. The van der Waals surface area contributed by atoms with Crippen molar-refractivity contribution in [2.24, 2.45) is 10.1 Å². The molecule has 3 aromatic heterocycles. The van der Waals surface area contributed by atoms with E-state index in [1.165, 1.54) is 27.9 Å². The molecule has 1 atom stereocenters. The van der Waals surface area contributed by atoms with Gasteiger partial charge in [-0.3, -0.25) is 19.2 Å². The molecule has 1 unspecified atom stereocenters. The van der Waals surface area contributed by atoms with Gasteiger partial charge in [0.2, 0.25) is 0 Å². The van der Waals surface area contributed by atoms with Crippen molar-refractivity contribution < 1.29 is 205 Å². The van der Waals surface area contributed by atoms with Gasteiger partial charge in [0, 0.05) is 240 Å². The molecule has 653 valence electrons. The minimum absolute atomic E-state index is 0. The first-order valence-corrected chi connectivity index (χ1v) is 41.5. The Labute approximate surface area is 817 Å². The molecule has 0 saturated heterocycles. The number of aryl methyl sites for hydroxylation is 3. The van der Waals surface area contributed by atoms with E-state index in [9.17, 15) is 56.1 Å². The number of nitrogens with zero attached hydrogens (tertiary/aromatic N) is 1. The fraction of sp³-hybridized carbons (Fsp3) is 0.195. The zero-order valence-corrected chi connectivity index (χ0v) is 82.9. The third kappa shape index (κ3) is 31.6. The normalized spacial score (nSPS) is 10.7. The van der Waals surface area contributed by atoms with Crippen LogP contribution in [0.4, 0.5) is 14.4 Å². The van der Waals surface area contributed by atoms with E-state index >= 15 is 0 Å². The predicted molar refractivity (Wildman–Crippen MR) is 463 cm³/mol. The summed E-state index contributed by atoms with van der Waals surface area (Å²) in [6.45, 7) is 6.51. The number of methoxy groups -OCH3 is 6. The average Bonchev–Trinajstić information content (AvgIpc) is 0.795. The quantitative estimate of drug-likeness (QED) is 0.00582. The van der Waals surface area contributed by atoms with Gasteiger partial charge in [-0.05, 0) is 119 Å². The Kier molecular flexibility index (Phi) is 44.7. The number of hydrogen-bond donors (Lipinski definition) is 3. The number of ketones is 3. The third-order valence-corrected chi connectivity index (χ3v) is 19.2. The molecule has 9 aromatic carbocycles. The minimum atomic E-state index is -4.00. The van der Waals surface area contributed by atoms with Crippen LogP contribution in [0.15, 0.2) is 196 Å². The van der Waals surface area contributed by atoms with Gasteiger partial charge < -0.3 is 76.6 Å². The van der Waals surface area contributed by atoms with Crippen molar-refractivity contribution in [3.63, 3.8) is 0 Å². The van der Waals surface area contributed by atoms with Crippen molar-refractivity contribution in [1.29, 1.82) is 0 Å². The molecule has 3 amide bonds. The summed E-state index contributed by atoms with van der Waals surface area (Å²) in [5, 5.41) is 5.83. The first kappa shape index (κ1) is 109. The van der Waals surface area contributed by atoms with Gasteiger partial charge in [-0.15, -0.1) is 39.9 Å². The molecule has 4 N–H and O–H groups in total. The molecule has 30 nitrogen and oxygen atoms in total. The van der Waals surface area contributed by atoms with Crippen molar-refractivity contribution in [2.45, 2.75) is 40.0 Å². The molecule has 12 rings (SSSR count). The van der Waals surface area contributed by atoms with Crippen molar-refractivity contribution in [3.05, 3.63) is 263 Å². The zero-order valence-electron chi connectivity index (χ0n) is 69.7. The van der Waals surface area contributed by atoms with Gasteiger partial charge in [0.25, 0.3) is 6.08 Å². The summed E-state index contributed by atoms with van der Waals surface area (Å²) in [6.07, 6.45) is -1.38. The Balaban J connectivity index is 0.000000361. The third-order valence-electron chi connectivity index (χ3n) is 17.3. The number of alkyl halides is 2. The molecule has 3 heterocycles. The van der Waals surface area contributed by atoms with Gasteiger partial charge >= 0.3 is 51.3 Å². The van der Waals surface area contributed by atoms with Gasteiger partial charge in [0.15, 0.2) is 17.3 Å². The van der Waals surface area contributed by atoms with E-state index in [4.69, 9.17) is 106 Å². The van der Waals surface area contributed by atoms with Crippen LogP contribution < -0.4 is 75.7 Å². The summed E-state index contributed by atoms with van der Waals surface area (Å²) in [6, 6.07) is 55.8. The number of ether oxygens (including phenoxy) is 8. The van der Waals surface area contributed by atoms with Crippen LogP contribution in [0.3, 0.4) is 0 Å². The van der Waals surface area contributed by atoms with Crippen LogP contribution in [0, 0.1) is 39.0 Å². The fourth-order valence-electron chi connectivity index (χ4n) is 11.4. The van der Waals surface area contributed by atoms with E-state index in [1.54, 1.807) is 154 Å². The standard InChI is InChI=1S/C28H24NO7.C28H26O8P.C27H22NO7.C2H4ClNO.CH2Cl2.CClNO3S.3Y/c1-16-10-19-11-20(27(31)35-26(19)15-25(16)36-28(32)29-2)14-23(30)18-8-9-24(34-4)22(13-18)17-6-5-7-21(12-17)33-3;1-17-11-20-12-21(28(30)35-27(20)16-26(17)36-37(5,31)34-4)15-24(29)19-9-10-25(33-3)23(14-19)18-7-6-8-22(13-18)32-2;1-15-9-18-10-19(26(30)34-25(18)14-24(15)35-27(28)31)13-22(29)17-7-8-23(33-3)21(12-17)16-5-4-6-20(11-16)32-2;1-4-2(3)5;2-1-3;2-7(5,6)3-1-4;;;/h5-13H,14H2,1-4H3,(H,29,32);6-14H,15H2,1-5H3;4-12H,13H2,1-3H3,(H2,28,31);1H3,(H,4,5);1H2;;;;/q3*-1;;;;;;. The molecule has 3 radical (unpaired) electrons. The van der Waals surface area contributed by atoms with Gasteiger partial charge in [-0.2, -0.15) is 26.6 Å². The van der Waals surface area contributed by atoms with E-state index < -0.39 is 51.3 Å². The molecule has 0 aliphatic carbocycles. The number of fused-ring (bicyclic) bond motifs is 3. The van der Waals surface area contributed by atoms with Crippen molar-refractivity contribution >= 4 is 136 Å². The Bertz CT molecular complexity index is 6370. The summed E-state index contributed by atoms with van der Waals surface area (Å²) >= 11 is 14.2. The van der Waals surface area contributed by atoms with Gasteiger partial charge in [0.1, 0.15) is 34.5 Å². The number of primary amides is 1. The van der Waals surface area contributed by atoms with Crippen LogP contribution in [-0.4, -0.2) is 125 Å². The molecule has 0 aliphatic heterocycles. The minimum Gasteiger partial charge on any atom is -0.497 e. The second-order valence-corrected chi connectivity index (χ2v) is 30.9. The summed E-state index contributed by atoms with van der Waals surface area (Å²) in [4.78, 5) is 119. The van der Waals surface area contributed by atoms with E-state index in [0.717, 1.165) is 39.5 Å². The number of benzene rings is 9. The molecule has 0 fully saturated rings. The maximum Gasteiger partial charge on any atom is 0.410 e. The number of nitrogens with two attached hydrogens (primary N) is 1. The number of nitrogens with one attached hydrogen (secondary N) is 2. The van der Waals surface area contributed by atoms with Gasteiger partial charge in [-0.25, -0.2) is 33.3 Å². The SMILES string of the molecule is CNC(=O)Cl.CNC(=O)Oc1[c-]c2oc(=O)c(CC(=O)c3ccc(OC)c(-c4cccc(OC)c4)c3)cc2cc1C.COc1cccc(-c2cc(C(=O)Cc3cc4cc(C)c(OC(N)=O)[c-]c4oc3=O)ccc2OC)c1.COc1cccc(-c2cc(C(=O)Cc3cc4cc(C)c(OP(C)(=O)OC)[c-]c4oc3=O)ccc2OC)c1.ClCCl.O=C=NS(=O)(=O)Cl.[Y].[Y].[Y]. The fourth-order valence-corrected chi connectivity index (χ4v) is 12.2. The number of carbonyl (C=O) groups excluding carboxylic acids is 7. The largest absolute Gasteiger partial charge is 0.497 e. The summed E-state index contributed by atoms with van der Waals surface area (Å²) in [5.74, 6) is 3.43. The molecule has 0 saturated carbocycles. The summed E-state index contributed by atoms with van der Waals surface area (Å²) in [7, 11) is 10.7. The molecule has 0 bridgehead atoms. The molecule has 126 heavy (non-hydrogen) atoms. The van der Waals surface area contributed by atoms with E-state index in [1.807, 2.05) is 72.8 Å². The second-order valence-electron chi connectivity index (χ2n) is 25.4. The Morgan fingerprint density at radius 1 is 0.484 bits per heavy atom. The first-order valence-electron chi connectivity index (χ1n) is 35.8. The molecule has 39 heteroatoms. The van der Waals surface area contributed by atoms with Crippen LogP contribution in [0.5, 0.6) is 51.7 Å². The van der Waals surface area contributed by atoms with Crippen molar-refractivity contribution in [2.75, 3.05) is 75.9 Å². The second kappa shape index (κ2) is 51.9. The molecule has 0 aliphatic rings. The van der Waals surface area contributed by atoms with Crippen LogP contribution >= 0.6 is 53.1 Å². The van der Waals surface area contributed by atoms with Gasteiger partial charge in [-0.1, -0.05) is 114 Å². The van der Waals surface area contributed by atoms with E-state index in [-0.39, 0.29) is 191 Å². The number of amides is 3. The van der Waals surface area contributed by atoms with Crippen LogP contribution in [0.25, 0.3) is 66.3 Å². The molecular weight excluding hydrogens is 1990 g/mol. The number of Topliss-reactive ketones (excluding diaryl/α,β-unsaturated/α-hetero) is 3. The summed E-state index contributed by atoms with van der Waals surface area (Å²) < 4.78 is 102. The molecular formula is C87H78Cl4N4O26PSY3-3. The number of isocyanates is 1. The predicted octanol–water partition coefficient (Wildman–Crippen LogP) is 16.8. The number of halogens is 4. The first-order chi connectivity index (χ1) is 58.5. The van der Waals surface area contributed by atoms with Crippen molar-refractivity contribution in [3.8, 4) is 85.1 Å². The Morgan fingerprint density at radius 2 is 0.794 bits per heavy atom. The van der Waals surface area contributed by atoms with Crippen LogP contribution in [0.2, 0.25) is 0 Å². The zero-order chi connectivity index (χ0) is 90.6. The maximum atomic E-state index is 13.2. The van der Waals surface area contributed by atoms with E-state index in [2.05, 4.69) is 43.9 Å². The number of rotatable bonds is 24. The monoisotopic (exact) mass is 2060 g/mol. The number of hydrogen-bond acceptors (Lipinski definition) is 26. The summed E-state index contributed by atoms with van der Waals surface area (Å²) in [5.41, 5.74) is 11.7. The Morgan fingerprint density at radius 3 is 1.06 bits per heavy atom.